The number of alkyl halides is 1. The summed E-state index contributed by atoms with van der Waals surface area (Å²) in [5.41, 5.74) is 0.721. The third-order valence-corrected chi connectivity index (χ3v) is 5.44. The summed E-state index contributed by atoms with van der Waals surface area (Å²) < 4.78 is 13.2. The molecule has 1 aliphatic rings. The quantitative estimate of drug-likeness (QED) is 0.771. The summed E-state index contributed by atoms with van der Waals surface area (Å²) in [6.07, 6.45) is 1.39. The lowest BCUT2D eigenvalue weighted by Gasteiger charge is -2.46. The van der Waals surface area contributed by atoms with Gasteiger partial charge in [-0.15, -0.1) is 12.4 Å². The van der Waals surface area contributed by atoms with Crippen LogP contribution in [0.15, 0.2) is 18.2 Å². The zero-order valence-electron chi connectivity index (χ0n) is 12.8. The first-order valence-electron chi connectivity index (χ1n) is 7.38. The molecule has 2 N–H and O–H groups in total. The van der Waals surface area contributed by atoms with Gasteiger partial charge < -0.3 is 10.4 Å². The second-order valence-electron chi connectivity index (χ2n) is 6.03. The van der Waals surface area contributed by atoms with Crippen LogP contribution in [0.1, 0.15) is 38.7 Å². The Morgan fingerprint density at radius 1 is 1.27 bits per heavy atom. The van der Waals surface area contributed by atoms with E-state index in [0.29, 0.717) is 16.6 Å². The highest BCUT2D eigenvalue weighted by molar-refractivity contribution is 6.42. The highest BCUT2D eigenvalue weighted by atomic mass is 35.5. The molecular weight excluding hydrogens is 348 g/mol. The summed E-state index contributed by atoms with van der Waals surface area (Å²) in [6.45, 7) is 3.67. The van der Waals surface area contributed by atoms with Gasteiger partial charge >= 0.3 is 0 Å². The number of benzene rings is 1. The van der Waals surface area contributed by atoms with Gasteiger partial charge in [-0.2, -0.15) is 0 Å². The zero-order chi connectivity index (χ0) is 15.6. The molecule has 1 saturated carbocycles. The van der Waals surface area contributed by atoms with Crippen molar-refractivity contribution in [2.75, 3.05) is 6.54 Å². The normalized spacial score (nSPS) is 20.5. The van der Waals surface area contributed by atoms with Crippen molar-refractivity contribution in [1.82, 2.24) is 5.32 Å². The van der Waals surface area contributed by atoms with E-state index in [1.165, 1.54) is 6.92 Å². The highest BCUT2D eigenvalue weighted by Crippen LogP contribution is 2.47. The lowest BCUT2D eigenvalue weighted by atomic mass is 9.61. The number of aliphatic hydroxyl groups is 1. The van der Waals surface area contributed by atoms with E-state index >= 15 is 0 Å². The van der Waals surface area contributed by atoms with Crippen molar-refractivity contribution in [3.8, 4) is 0 Å². The van der Waals surface area contributed by atoms with Gasteiger partial charge in [-0.25, -0.2) is 4.39 Å². The molecule has 0 saturated heterocycles. The predicted octanol–water partition coefficient (Wildman–Crippen LogP) is 4.53. The molecule has 0 aliphatic heterocycles. The van der Waals surface area contributed by atoms with Crippen molar-refractivity contribution in [3.05, 3.63) is 33.8 Å². The molecule has 2 rings (SSSR count). The number of hydrogen-bond acceptors (Lipinski definition) is 2. The monoisotopic (exact) mass is 369 g/mol. The van der Waals surface area contributed by atoms with Gasteiger partial charge in [0.2, 0.25) is 0 Å². The van der Waals surface area contributed by atoms with Gasteiger partial charge in [-0.1, -0.05) is 35.7 Å². The first-order valence-corrected chi connectivity index (χ1v) is 8.13. The summed E-state index contributed by atoms with van der Waals surface area (Å²) in [7, 11) is 0. The fourth-order valence-corrected chi connectivity index (χ4v) is 3.13. The standard InChI is InChI=1S/C16H22Cl2FNO.ClH/c1-10(19)11(2)20-9-15(21)16(6-3-7-16)12-4-5-13(17)14(18)8-12;/h4-5,8,10-11,15,20-21H,3,6-7,9H2,1-2H3;1H. The molecule has 2 nitrogen and oxygen atoms in total. The molecule has 3 atom stereocenters. The van der Waals surface area contributed by atoms with Crippen LogP contribution in [0, 0.1) is 0 Å². The third kappa shape index (κ3) is 4.07. The molecular formula is C16H23Cl3FNO. The molecule has 0 radical (unpaired) electrons. The first-order chi connectivity index (χ1) is 9.86. The van der Waals surface area contributed by atoms with Gasteiger partial charge in [0.1, 0.15) is 6.17 Å². The first kappa shape index (κ1) is 20.0. The lowest BCUT2D eigenvalue weighted by molar-refractivity contribution is 0.0254. The van der Waals surface area contributed by atoms with Crippen LogP contribution in [0.2, 0.25) is 10.0 Å². The van der Waals surface area contributed by atoms with Crippen LogP contribution in [-0.4, -0.2) is 30.0 Å². The average molecular weight is 371 g/mol. The van der Waals surface area contributed by atoms with Gasteiger partial charge in [0.05, 0.1) is 16.1 Å². The van der Waals surface area contributed by atoms with Gasteiger partial charge in [-0.05, 0) is 44.4 Å². The Hall–Kier alpha value is -0.0600. The van der Waals surface area contributed by atoms with E-state index in [1.54, 1.807) is 13.0 Å². The van der Waals surface area contributed by atoms with Crippen LogP contribution >= 0.6 is 35.6 Å². The third-order valence-electron chi connectivity index (χ3n) is 4.70. The second-order valence-corrected chi connectivity index (χ2v) is 6.84. The van der Waals surface area contributed by atoms with E-state index in [-0.39, 0.29) is 23.9 Å². The van der Waals surface area contributed by atoms with Crippen molar-refractivity contribution in [1.29, 1.82) is 0 Å². The number of hydrogen-bond donors (Lipinski definition) is 2. The molecule has 0 spiro atoms. The molecule has 3 unspecified atom stereocenters. The molecule has 0 amide bonds. The molecule has 0 heterocycles. The minimum absolute atomic E-state index is 0. The Balaban J connectivity index is 0.00000242. The number of halogens is 4. The molecule has 22 heavy (non-hydrogen) atoms. The Morgan fingerprint density at radius 3 is 2.36 bits per heavy atom. The van der Waals surface area contributed by atoms with E-state index in [9.17, 15) is 9.50 Å². The van der Waals surface area contributed by atoms with E-state index in [2.05, 4.69) is 5.32 Å². The average Bonchev–Trinajstić information content (AvgIpc) is 2.38. The van der Waals surface area contributed by atoms with Crippen molar-refractivity contribution >= 4 is 35.6 Å². The van der Waals surface area contributed by atoms with Crippen molar-refractivity contribution in [2.45, 2.75) is 56.8 Å². The second kappa shape index (κ2) is 8.16. The van der Waals surface area contributed by atoms with Crippen molar-refractivity contribution < 1.29 is 9.50 Å². The topological polar surface area (TPSA) is 32.3 Å². The number of aliphatic hydroxyl groups excluding tert-OH is 1. The molecule has 126 valence electrons. The van der Waals surface area contributed by atoms with Crippen LogP contribution in [0.3, 0.4) is 0 Å². The maximum Gasteiger partial charge on any atom is 0.112 e. The number of rotatable bonds is 6. The van der Waals surface area contributed by atoms with Crippen molar-refractivity contribution in [2.24, 2.45) is 0 Å². The van der Waals surface area contributed by atoms with Gasteiger partial charge in [0.15, 0.2) is 0 Å². The largest absolute Gasteiger partial charge is 0.391 e. The summed E-state index contributed by atoms with van der Waals surface area (Å²) >= 11 is 12.1. The highest BCUT2D eigenvalue weighted by Gasteiger charge is 2.45. The van der Waals surface area contributed by atoms with E-state index in [4.69, 9.17) is 23.2 Å². The summed E-state index contributed by atoms with van der Waals surface area (Å²) in [6, 6.07) is 5.27. The Morgan fingerprint density at radius 2 is 1.91 bits per heavy atom. The fourth-order valence-electron chi connectivity index (χ4n) is 2.83. The predicted molar refractivity (Wildman–Crippen MR) is 93.3 cm³/mol. The zero-order valence-corrected chi connectivity index (χ0v) is 15.1. The minimum atomic E-state index is -0.945. The Labute approximate surface area is 147 Å². The van der Waals surface area contributed by atoms with Crippen LogP contribution in [0.4, 0.5) is 4.39 Å². The van der Waals surface area contributed by atoms with E-state index in [0.717, 1.165) is 24.8 Å². The van der Waals surface area contributed by atoms with E-state index in [1.807, 2.05) is 12.1 Å². The molecule has 1 aromatic rings. The Bertz CT molecular complexity index is 494. The molecule has 0 bridgehead atoms. The molecule has 6 heteroatoms. The smallest absolute Gasteiger partial charge is 0.112 e. The molecule has 1 aromatic carbocycles. The van der Waals surface area contributed by atoms with Crippen LogP contribution in [0.5, 0.6) is 0 Å². The minimum Gasteiger partial charge on any atom is -0.391 e. The SMILES string of the molecule is CC(F)C(C)NCC(O)C1(c2ccc(Cl)c(Cl)c2)CCC1.Cl. The van der Waals surface area contributed by atoms with Crippen LogP contribution in [0.25, 0.3) is 0 Å². The maximum atomic E-state index is 13.2. The van der Waals surface area contributed by atoms with E-state index < -0.39 is 12.3 Å². The summed E-state index contributed by atoms with van der Waals surface area (Å²) in [4.78, 5) is 0. The van der Waals surface area contributed by atoms with Crippen molar-refractivity contribution in [3.63, 3.8) is 0 Å². The number of nitrogens with one attached hydrogen (secondary N) is 1. The fraction of sp³-hybridized carbons (Fsp3) is 0.625. The molecule has 0 aromatic heterocycles. The van der Waals surface area contributed by atoms with Crippen LogP contribution in [-0.2, 0) is 5.41 Å². The summed E-state index contributed by atoms with van der Waals surface area (Å²) in [5, 5.41) is 14.7. The maximum absolute atomic E-state index is 13.2. The Kier molecular flexibility index (Phi) is 7.41. The molecule has 1 aliphatic carbocycles. The van der Waals surface area contributed by atoms with Gasteiger partial charge in [-0.3, -0.25) is 0 Å². The molecule has 1 fully saturated rings. The lowest BCUT2D eigenvalue weighted by Crippen LogP contribution is -2.51. The van der Waals surface area contributed by atoms with Gasteiger partial charge in [0, 0.05) is 18.0 Å². The van der Waals surface area contributed by atoms with Gasteiger partial charge in [0.25, 0.3) is 0 Å². The summed E-state index contributed by atoms with van der Waals surface area (Å²) in [5.74, 6) is 0. The van der Waals surface area contributed by atoms with Crippen LogP contribution < -0.4 is 5.32 Å².